The number of nitrogens with two attached hydrogens (primary N) is 1. The molecule has 1 aliphatic carbocycles. The van der Waals surface area contributed by atoms with Gasteiger partial charge in [-0.1, -0.05) is 25.1 Å². The first-order chi connectivity index (χ1) is 8.78. The van der Waals surface area contributed by atoms with Crippen LogP contribution >= 0.6 is 0 Å². The van der Waals surface area contributed by atoms with Gasteiger partial charge in [0.2, 0.25) is 0 Å². The first-order valence-corrected chi connectivity index (χ1v) is 6.95. The van der Waals surface area contributed by atoms with Gasteiger partial charge in [0.1, 0.15) is 11.9 Å². The molecule has 1 aromatic rings. The summed E-state index contributed by atoms with van der Waals surface area (Å²) in [4.78, 5) is 0. The van der Waals surface area contributed by atoms with Crippen molar-refractivity contribution in [2.75, 3.05) is 0 Å². The molecule has 1 aliphatic rings. The van der Waals surface area contributed by atoms with Crippen molar-refractivity contribution in [1.82, 2.24) is 0 Å². The zero-order valence-electron chi connectivity index (χ0n) is 11.1. The predicted molar refractivity (Wildman–Crippen MR) is 75.8 cm³/mol. The first kappa shape index (κ1) is 13.2. The Labute approximate surface area is 110 Å². The molecule has 2 atom stereocenters. The van der Waals surface area contributed by atoms with Crippen molar-refractivity contribution in [3.63, 3.8) is 0 Å². The molecule has 0 saturated heterocycles. The highest BCUT2D eigenvalue weighted by Gasteiger charge is 2.09. The highest BCUT2D eigenvalue weighted by molar-refractivity contribution is 5.28. The molecule has 0 aromatic heterocycles. The topological polar surface area (TPSA) is 35.2 Å². The van der Waals surface area contributed by atoms with Crippen LogP contribution in [0.25, 0.3) is 0 Å². The summed E-state index contributed by atoms with van der Waals surface area (Å²) < 4.78 is 5.92. The standard InChI is InChI=1S/C16H23NO/c1-2-14(17)12-13-8-10-16(11-9-13)18-15-6-4-3-5-7-15/h4,6,8-11,14-15H,2-3,5,7,12,17H2,1H3. The van der Waals surface area contributed by atoms with Crippen LogP contribution in [0.5, 0.6) is 5.75 Å². The molecule has 0 spiro atoms. The molecule has 0 aliphatic heterocycles. The summed E-state index contributed by atoms with van der Waals surface area (Å²) >= 11 is 0. The zero-order valence-corrected chi connectivity index (χ0v) is 11.1. The first-order valence-electron chi connectivity index (χ1n) is 6.95. The number of hydrogen-bond acceptors (Lipinski definition) is 2. The minimum absolute atomic E-state index is 0.252. The van der Waals surface area contributed by atoms with Crippen LogP contribution in [-0.4, -0.2) is 12.1 Å². The minimum Gasteiger partial charge on any atom is -0.486 e. The van der Waals surface area contributed by atoms with Gasteiger partial charge in [0.05, 0.1) is 0 Å². The molecule has 0 bridgehead atoms. The van der Waals surface area contributed by atoms with Crippen molar-refractivity contribution in [2.45, 2.75) is 51.2 Å². The van der Waals surface area contributed by atoms with E-state index in [1.54, 1.807) is 0 Å². The van der Waals surface area contributed by atoms with Crippen molar-refractivity contribution < 1.29 is 4.74 Å². The molecule has 0 heterocycles. The van der Waals surface area contributed by atoms with Crippen LogP contribution in [0.15, 0.2) is 36.4 Å². The van der Waals surface area contributed by atoms with E-state index in [4.69, 9.17) is 10.5 Å². The maximum atomic E-state index is 5.95. The van der Waals surface area contributed by atoms with Gasteiger partial charge in [-0.05, 0) is 55.9 Å². The Hall–Kier alpha value is -1.28. The lowest BCUT2D eigenvalue weighted by molar-refractivity contribution is 0.230. The Morgan fingerprint density at radius 1 is 1.33 bits per heavy atom. The van der Waals surface area contributed by atoms with E-state index in [0.29, 0.717) is 0 Å². The highest BCUT2D eigenvalue weighted by atomic mass is 16.5. The van der Waals surface area contributed by atoms with Crippen LogP contribution < -0.4 is 10.5 Å². The number of benzene rings is 1. The molecule has 18 heavy (non-hydrogen) atoms. The van der Waals surface area contributed by atoms with Crippen LogP contribution in [0, 0.1) is 0 Å². The van der Waals surface area contributed by atoms with Gasteiger partial charge in [-0.3, -0.25) is 0 Å². The Morgan fingerprint density at radius 2 is 2.11 bits per heavy atom. The fraction of sp³-hybridized carbons (Fsp3) is 0.500. The lowest BCUT2D eigenvalue weighted by atomic mass is 10.0. The SMILES string of the molecule is CCC(N)Cc1ccc(OC2C=CCCC2)cc1. The zero-order chi connectivity index (χ0) is 12.8. The third kappa shape index (κ3) is 3.88. The Morgan fingerprint density at radius 3 is 2.72 bits per heavy atom. The van der Waals surface area contributed by atoms with Gasteiger partial charge in [0.15, 0.2) is 0 Å². The van der Waals surface area contributed by atoms with Gasteiger partial charge in [-0.25, -0.2) is 0 Å². The lowest BCUT2D eigenvalue weighted by Crippen LogP contribution is -2.21. The van der Waals surface area contributed by atoms with Gasteiger partial charge in [-0.15, -0.1) is 0 Å². The average Bonchev–Trinajstić information content (AvgIpc) is 2.42. The van der Waals surface area contributed by atoms with Crippen LogP contribution in [0.4, 0.5) is 0 Å². The molecule has 0 fully saturated rings. The molecule has 2 rings (SSSR count). The fourth-order valence-electron chi connectivity index (χ4n) is 2.21. The van der Waals surface area contributed by atoms with Crippen LogP contribution in [0.3, 0.4) is 0 Å². The highest BCUT2D eigenvalue weighted by Crippen LogP contribution is 2.19. The van der Waals surface area contributed by atoms with Gasteiger partial charge >= 0.3 is 0 Å². The van der Waals surface area contributed by atoms with Crippen molar-refractivity contribution in [3.8, 4) is 5.75 Å². The van der Waals surface area contributed by atoms with Crippen molar-refractivity contribution in [1.29, 1.82) is 0 Å². The molecule has 1 aromatic carbocycles. The van der Waals surface area contributed by atoms with Crippen molar-refractivity contribution in [2.24, 2.45) is 5.73 Å². The fourth-order valence-corrected chi connectivity index (χ4v) is 2.21. The summed E-state index contributed by atoms with van der Waals surface area (Å²) in [6.45, 7) is 2.12. The summed E-state index contributed by atoms with van der Waals surface area (Å²) in [5, 5.41) is 0. The molecular formula is C16H23NO. The molecule has 0 saturated carbocycles. The second-order valence-corrected chi connectivity index (χ2v) is 5.03. The van der Waals surface area contributed by atoms with Crippen molar-refractivity contribution >= 4 is 0 Å². The number of ether oxygens (including phenoxy) is 1. The smallest absolute Gasteiger partial charge is 0.120 e. The Kier molecular flexibility index (Phi) is 4.82. The second-order valence-electron chi connectivity index (χ2n) is 5.03. The molecular weight excluding hydrogens is 222 g/mol. The largest absolute Gasteiger partial charge is 0.486 e. The van der Waals surface area contributed by atoms with Gasteiger partial charge in [0.25, 0.3) is 0 Å². The van der Waals surface area contributed by atoms with E-state index in [-0.39, 0.29) is 12.1 Å². The minimum atomic E-state index is 0.252. The van der Waals surface area contributed by atoms with E-state index >= 15 is 0 Å². The Bertz CT molecular complexity index is 383. The predicted octanol–water partition coefficient (Wildman–Crippen LogP) is 3.45. The summed E-state index contributed by atoms with van der Waals surface area (Å²) in [5.74, 6) is 0.959. The molecule has 98 valence electrons. The van der Waals surface area contributed by atoms with E-state index in [0.717, 1.165) is 25.0 Å². The number of allylic oxidation sites excluding steroid dienone is 1. The van der Waals surface area contributed by atoms with Crippen LogP contribution in [-0.2, 0) is 6.42 Å². The van der Waals surface area contributed by atoms with E-state index in [1.165, 1.54) is 18.4 Å². The number of rotatable bonds is 5. The normalized spacial score (nSPS) is 20.7. The molecule has 0 amide bonds. The molecule has 2 heteroatoms. The van der Waals surface area contributed by atoms with E-state index in [9.17, 15) is 0 Å². The average molecular weight is 245 g/mol. The van der Waals surface area contributed by atoms with Gasteiger partial charge in [0, 0.05) is 6.04 Å². The monoisotopic (exact) mass is 245 g/mol. The van der Waals surface area contributed by atoms with Gasteiger partial charge < -0.3 is 10.5 Å². The second kappa shape index (κ2) is 6.60. The quantitative estimate of drug-likeness (QED) is 0.806. The lowest BCUT2D eigenvalue weighted by Gasteiger charge is -2.18. The van der Waals surface area contributed by atoms with E-state index < -0.39 is 0 Å². The third-order valence-corrected chi connectivity index (χ3v) is 3.44. The summed E-state index contributed by atoms with van der Waals surface area (Å²) in [6, 6.07) is 8.62. The molecule has 2 N–H and O–H groups in total. The Balaban J connectivity index is 1.90. The summed E-state index contributed by atoms with van der Waals surface area (Å²) in [5.41, 5.74) is 7.24. The van der Waals surface area contributed by atoms with E-state index in [1.807, 2.05) is 0 Å². The summed E-state index contributed by atoms with van der Waals surface area (Å²) in [6.07, 6.45) is 10.1. The van der Waals surface area contributed by atoms with Crippen LogP contribution in [0.2, 0.25) is 0 Å². The maximum Gasteiger partial charge on any atom is 0.120 e. The number of hydrogen-bond donors (Lipinski definition) is 1. The van der Waals surface area contributed by atoms with Crippen molar-refractivity contribution in [3.05, 3.63) is 42.0 Å². The molecule has 2 nitrogen and oxygen atoms in total. The van der Waals surface area contributed by atoms with Gasteiger partial charge in [-0.2, -0.15) is 0 Å². The molecule has 0 radical (unpaired) electrons. The summed E-state index contributed by atoms with van der Waals surface area (Å²) in [7, 11) is 0. The molecule has 2 unspecified atom stereocenters. The van der Waals surface area contributed by atoms with E-state index in [2.05, 4.69) is 43.3 Å². The van der Waals surface area contributed by atoms with Crippen LogP contribution in [0.1, 0.15) is 38.2 Å². The third-order valence-electron chi connectivity index (χ3n) is 3.44. The maximum absolute atomic E-state index is 5.95.